The Morgan fingerprint density at radius 2 is 2.03 bits per heavy atom. The van der Waals surface area contributed by atoms with Crippen molar-refractivity contribution >= 4 is 17.8 Å². The fourth-order valence-corrected chi connectivity index (χ4v) is 4.61. The zero-order valence-electron chi connectivity index (χ0n) is 18.2. The van der Waals surface area contributed by atoms with E-state index in [1.165, 1.54) is 4.90 Å². The Bertz CT molecular complexity index is 771. The molecule has 8 heteroatoms. The topological polar surface area (TPSA) is 105 Å². The molecule has 0 spiro atoms. The maximum Gasteiger partial charge on any atom is 0.326 e. The second kappa shape index (κ2) is 10.7. The molecule has 0 aliphatic carbocycles. The first-order chi connectivity index (χ1) is 14.9. The third-order valence-corrected chi connectivity index (χ3v) is 6.21. The molecule has 31 heavy (non-hydrogen) atoms. The predicted octanol–water partition coefficient (Wildman–Crippen LogP) is 1.48. The van der Waals surface area contributed by atoms with Crippen LogP contribution in [0.15, 0.2) is 30.3 Å². The van der Waals surface area contributed by atoms with E-state index in [1.54, 1.807) is 13.8 Å². The average molecular weight is 433 g/mol. The fraction of sp³-hybridized carbons (Fsp3) is 0.609. The largest absolute Gasteiger partial charge is 0.480 e. The highest BCUT2D eigenvalue weighted by Crippen LogP contribution is 2.35. The fourth-order valence-electron chi connectivity index (χ4n) is 4.61. The molecule has 1 aromatic carbocycles. The minimum atomic E-state index is -1.01. The van der Waals surface area contributed by atoms with Gasteiger partial charge in [-0.2, -0.15) is 0 Å². The van der Waals surface area contributed by atoms with Crippen LogP contribution in [0.4, 0.5) is 0 Å². The minimum Gasteiger partial charge on any atom is -0.480 e. The quantitative estimate of drug-likeness (QED) is 0.570. The van der Waals surface area contributed by atoms with Crippen molar-refractivity contribution in [2.45, 2.75) is 51.2 Å². The molecule has 170 valence electrons. The zero-order chi connectivity index (χ0) is 22.4. The normalized spacial score (nSPS) is 24.8. The SMILES string of the molecule is CCOC(=O)C(CCc1ccccc1)N[C@@H](C)C(=O)N1CC2CCOCC2C1C(=O)O. The molecule has 3 rings (SSSR count). The average Bonchev–Trinajstić information content (AvgIpc) is 3.16. The molecule has 0 bridgehead atoms. The number of nitrogens with zero attached hydrogens (tertiary/aromatic N) is 1. The van der Waals surface area contributed by atoms with Gasteiger partial charge >= 0.3 is 11.9 Å². The number of likely N-dealkylation sites (tertiary alicyclic amines) is 1. The smallest absolute Gasteiger partial charge is 0.326 e. The number of benzene rings is 1. The van der Waals surface area contributed by atoms with Crippen molar-refractivity contribution in [1.29, 1.82) is 0 Å². The van der Waals surface area contributed by atoms with Gasteiger partial charge in [-0.25, -0.2) is 4.79 Å². The number of rotatable bonds is 9. The lowest BCUT2D eigenvalue weighted by atomic mass is 9.87. The van der Waals surface area contributed by atoms with E-state index in [4.69, 9.17) is 9.47 Å². The summed E-state index contributed by atoms with van der Waals surface area (Å²) in [5, 5.41) is 12.9. The summed E-state index contributed by atoms with van der Waals surface area (Å²) in [7, 11) is 0. The van der Waals surface area contributed by atoms with Crippen LogP contribution in [0.1, 0.15) is 32.3 Å². The molecule has 2 fully saturated rings. The Labute approximate surface area is 182 Å². The van der Waals surface area contributed by atoms with Crippen LogP contribution in [0.25, 0.3) is 0 Å². The second-order valence-corrected chi connectivity index (χ2v) is 8.28. The number of hydrogen-bond donors (Lipinski definition) is 2. The number of hydrogen-bond acceptors (Lipinski definition) is 6. The number of aliphatic carboxylic acids is 1. The number of aryl methyl sites for hydroxylation is 1. The summed E-state index contributed by atoms with van der Waals surface area (Å²) < 4.78 is 10.7. The number of esters is 1. The Morgan fingerprint density at radius 3 is 2.71 bits per heavy atom. The van der Waals surface area contributed by atoms with E-state index < -0.39 is 30.1 Å². The standard InChI is InChI=1S/C23H32N2O6/c1-3-31-23(29)19(10-9-16-7-5-4-6-8-16)24-15(2)21(26)25-13-17-11-12-30-14-18(17)20(25)22(27)28/h4-8,15,17-20,24H,3,9-14H2,1-2H3,(H,27,28)/t15-,17?,18?,19?,20?/m0/s1. The van der Waals surface area contributed by atoms with E-state index in [-0.39, 0.29) is 24.3 Å². The molecule has 2 aliphatic heterocycles. The molecule has 2 heterocycles. The van der Waals surface area contributed by atoms with Crippen LogP contribution in [0.5, 0.6) is 0 Å². The molecule has 1 aromatic rings. The predicted molar refractivity (Wildman–Crippen MR) is 113 cm³/mol. The summed E-state index contributed by atoms with van der Waals surface area (Å²) in [6, 6.07) is 7.53. The molecule has 2 aliphatic rings. The Morgan fingerprint density at radius 1 is 1.29 bits per heavy atom. The van der Waals surface area contributed by atoms with Crippen molar-refractivity contribution < 1.29 is 29.0 Å². The summed E-state index contributed by atoms with van der Waals surface area (Å²) in [5.41, 5.74) is 1.09. The first kappa shape index (κ1) is 23.2. The van der Waals surface area contributed by atoms with Gasteiger partial charge in [-0.15, -0.1) is 0 Å². The lowest BCUT2D eigenvalue weighted by molar-refractivity contribution is -0.152. The maximum atomic E-state index is 13.2. The summed E-state index contributed by atoms with van der Waals surface area (Å²) in [6.45, 7) is 5.02. The summed E-state index contributed by atoms with van der Waals surface area (Å²) in [4.78, 5) is 39.1. The van der Waals surface area contributed by atoms with Crippen molar-refractivity contribution in [3.63, 3.8) is 0 Å². The lowest BCUT2D eigenvalue weighted by Gasteiger charge is -2.29. The number of carbonyl (C=O) groups excluding carboxylic acids is 2. The highest BCUT2D eigenvalue weighted by Gasteiger charge is 2.49. The number of ether oxygens (including phenoxy) is 2. The minimum absolute atomic E-state index is 0.130. The number of amides is 1. The van der Waals surface area contributed by atoms with E-state index >= 15 is 0 Å². The van der Waals surface area contributed by atoms with Crippen LogP contribution < -0.4 is 5.32 Å². The summed E-state index contributed by atoms with van der Waals surface area (Å²) in [6.07, 6.45) is 1.88. The van der Waals surface area contributed by atoms with E-state index in [0.29, 0.717) is 32.6 Å². The Hall–Kier alpha value is -2.45. The number of carboxylic acids is 1. The highest BCUT2D eigenvalue weighted by molar-refractivity contribution is 5.88. The van der Waals surface area contributed by atoms with Gasteiger partial charge in [0.05, 0.1) is 19.3 Å². The van der Waals surface area contributed by atoms with Gasteiger partial charge in [0, 0.05) is 19.1 Å². The van der Waals surface area contributed by atoms with Gasteiger partial charge < -0.3 is 19.5 Å². The zero-order valence-corrected chi connectivity index (χ0v) is 18.2. The third kappa shape index (κ3) is 5.62. The highest BCUT2D eigenvalue weighted by atomic mass is 16.5. The number of carboxylic acid groups (broad SMARTS) is 1. The van der Waals surface area contributed by atoms with Crippen LogP contribution in [0.3, 0.4) is 0 Å². The lowest BCUT2D eigenvalue weighted by Crippen LogP contribution is -2.54. The van der Waals surface area contributed by atoms with Crippen molar-refractivity contribution in [3.05, 3.63) is 35.9 Å². The number of carbonyl (C=O) groups is 3. The molecular formula is C23H32N2O6. The number of fused-ring (bicyclic) bond motifs is 1. The monoisotopic (exact) mass is 432 g/mol. The van der Waals surface area contributed by atoms with Gasteiger partial charge in [0.2, 0.25) is 5.91 Å². The van der Waals surface area contributed by atoms with Crippen molar-refractivity contribution in [3.8, 4) is 0 Å². The van der Waals surface area contributed by atoms with Crippen LogP contribution in [0, 0.1) is 11.8 Å². The summed E-state index contributed by atoms with van der Waals surface area (Å²) >= 11 is 0. The summed E-state index contributed by atoms with van der Waals surface area (Å²) in [5.74, 6) is -1.79. The van der Waals surface area contributed by atoms with Crippen LogP contribution in [-0.2, 0) is 30.3 Å². The number of nitrogens with one attached hydrogen (secondary N) is 1. The van der Waals surface area contributed by atoms with Crippen LogP contribution in [-0.4, -0.2) is 72.3 Å². The molecule has 4 unspecified atom stereocenters. The van der Waals surface area contributed by atoms with Crippen molar-refractivity contribution in [2.75, 3.05) is 26.4 Å². The van der Waals surface area contributed by atoms with Crippen LogP contribution in [0.2, 0.25) is 0 Å². The van der Waals surface area contributed by atoms with Crippen molar-refractivity contribution in [2.24, 2.45) is 11.8 Å². The molecular weight excluding hydrogens is 400 g/mol. The molecule has 0 aromatic heterocycles. The van der Waals surface area contributed by atoms with Gasteiger partial charge in [-0.05, 0) is 44.6 Å². The first-order valence-electron chi connectivity index (χ1n) is 11.0. The molecule has 8 nitrogen and oxygen atoms in total. The molecule has 2 saturated heterocycles. The second-order valence-electron chi connectivity index (χ2n) is 8.28. The Kier molecular flexibility index (Phi) is 8.03. The molecule has 5 atom stereocenters. The van der Waals surface area contributed by atoms with E-state index in [9.17, 15) is 19.5 Å². The van der Waals surface area contributed by atoms with E-state index in [0.717, 1.165) is 12.0 Å². The Balaban J connectivity index is 1.67. The van der Waals surface area contributed by atoms with Crippen molar-refractivity contribution in [1.82, 2.24) is 10.2 Å². The van der Waals surface area contributed by atoms with E-state index in [2.05, 4.69) is 5.32 Å². The van der Waals surface area contributed by atoms with Crippen LogP contribution >= 0.6 is 0 Å². The first-order valence-corrected chi connectivity index (χ1v) is 11.0. The van der Waals surface area contributed by atoms with E-state index in [1.807, 2.05) is 30.3 Å². The van der Waals surface area contributed by atoms with Gasteiger partial charge in [0.15, 0.2) is 0 Å². The molecule has 0 saturated carbocycles. The van der Waals surface area contributed by atoms with Gasteiger partial charge in [-0.1, -0.05) is 30.3 Å². The maximum absolute atomic E-state index is 13.2. The molecule has 0 radical (unpaired) electrons. The third-order valence-electron chi connectivity index (χ3n) is 6.21. The van der Waals surface area contributed by atoms with Gasteiger partial charge in [0.1, 0.15) is 12.1 Å². The molecule has 2 N–H and O–H groups in total. The van der Waals surface area contributed by atoms with Gasteiger partial charge in [0.25, 0.3) is 0 Å². The molecule has 1 amide bonds. The van der Waals surface area contributed by atoms with Gasteiger partial charge in [-0.3, -0.25) is 14.9 Å².